The zero-order valence-corrected chi connectivity index (χ0v) is 9.47. The minimum Gasteiger partial charge on any atom is -0.311 e. The normalized spacial score (nSPS) is 23.6. The summed E-state index contributed by atoms with van der Waals surface area (Å²) in [5.41, 5.74) is 1.04. The number of piperidine rings is 1. The van der Waals surface area contributed by atoms with E-state index in [-0.39, 0.29) is 10.7 Å². The number of nitrogens with zero attached hydrogens (tertiary/aromatic N) is 1. The van der Waals surface area contributed by atoms with Crippen molar-refractivity contribution in [1.29, 1.82) is 0 Å². The molecule has 0 aliphatic carbocycles. The fourth-order valence-corrected chi connectivity index (χ4v) is 2.71. The first kappa shape index (κ1) is 9.21. The maximum atomic E-state index is 11.7. The molecule has 0 saturated carbocycles. The summed E-state index contributed by atoms with van der Waals surface area (Å²) in [6.07, 6.45) is 2.04. The molecule has 2 heterocycles. The van der Waals surface area contributed by atoms with E-state index in [0.717, 1.165) is 25.1 Å². The minimum atomic E-state index is 0.0150. The van der Waals surface area contributed by atoms with Crippen molar-refractivity contribution in [2.24, 2.45) is 0 Å². The number of anilines is 1. The third-order valence-corrected chi connectivity index (χ3v) is 3.71. The van der Waals surface area contributed by atoms with E-state index in [0.29, 0.717) is 0 Å². The molecule has 1 fully saturated rings. The highest BCUT2D eigenvalue weighted by Crippen LogP contribution is 2.25. The fraction of sp³-hybridized carbons (Fsp3) is 0.444. The van der Waals surface area contributed by atoms with E-state index in [4.69, 9.17) is 0 Å². The highest BCUT2D eigenvalue weighted by Gasteiger charge is 2.27. The second-order valence-electron chi connectivity index (χ2n) is 3.08. The van der Waals surface area contributed by atoms with Gasteiger partial charge < -0.3 is 4.90 Å². The summed E-state index contributed by atoms with van der Waals surface area (Å²) in [7, 11) is 0. The summed E-state index contributed by atoms with van der Waals surface area (Å²) in [5.74, 6) is 0.199. The Morgan fingerprint density at radius 1 is 1.62 bits per heavy atom. The van der Waals surface area contributed by atoms with Crippen molar-refractivity contribution in [3.8, 4) is 0 Å². The lowest BCUT2D eigenvalue weighted by atomic mass is 10.1. The lowest BCUT2D eigenvalue weighted by molar-refractivity contribution is -0.118. The van der Waals surface area contributed by atoms with Crippen molar-refractivity contribution in [3.63, 3.8) is 0 Å². The average Bonchev–Trinajstić information content (AvgIpc) is 2.62. The number of halogens is 1. The molecule has 0 spiro atoms. The summed E-state index contributed by atoms with van der Waals surface area (Å²) in [4.78, 5) is 13.6. The summed E-state index contributed by atoms with van der Waals surface area (Å²) < 4.78 is 0. The van der Waals surface area contributed by atoms with Crippen LogP contribution in [0.2, 0.25) is 0 Å². The molecule has 70 valence electrons. The van der Waals surface area contributed by atoms with Gasteiger partial charge in [0.05, 0.1) is 10.5 Å². The van der Waals surface area contributed by atoms with Crippen LogP contribution < -0.4 is 4.90 Å². The van der Waals surface area contributed by atoms with Crippen molar-refractivity contribution in [1.82, 2.24) is 0 Å². The zero-order valence-electron chi connectivity index (χ0n) is 7.07. The SMILES string of the molecule is O=C1C(Br)CCCN1c1ccsc1. The van der Waals surface area contributed by atoms with E-state index in [1.165, 1.54) is 0 Å². The molecule has 0 radical (unpaired) electrons. The van der Waals surface area contributed by atoms with Crippen molar-refractivity contribution in [2.45, 2.75) is 17.7 Å². The largest absolute Gasteiger partial charge is 0.311 e. The van der Waals surface area contributed by atoms with E-state index >= 15 is 0 Å². The van der Waals surface area contributed by atoms with Crippen molar-refractivity contribution in [2.75, 3.05) is 11.4 Å². The maximum absolute atomic E-state index is 11.7. The molecule has 4 heteroatoms. The third kappa shape index (κ3) is 1.79. The molecule has 0 bridgehead atoms. The smallest absolute Gasteiger partial charge is 0.240 e. The van der Waals surface area contributed by atoms with Gasteiger partial charge in [0.2, 0.25) is 5.91 Å². The van der Waals surface area contributed by atoms with Gasteiger partial charge in [0.15, 0.2) is 0 Å². The van der Waals surface area contributed by atoms with Crippen molar-refractivity contribution >= 4 is 38.9 Å². The molecule has 1 atom stereocenters. The molecule has 1 aliphatic heterocycles. The van der Waals surface area contributed by atoms with Crippen molar-refractivity contribution in [3.05, 3.63) is 16.8 Å². The molecular formula is C9H10BrNOS. The second-order valence-corrected chi connectivity index (χ2v) is 4.97. The molecule has 1 saturated heterocycles. The second kappa shape index (κ2) is 3.80. The molecule has 13 heavy (non-hydrogen) atoms. The van der Waals surface area contributed by atoms with Crippen LogP contribution in [-0.4, -0.2) is 17.3 Å². The van der Waals surface area contributed by atoms with Crippen LogP contribution in [0.5, 0.6) is 0 Å². The molecular weight excluding hydrogens is 250 g/mol. The quantitative estimate of drug-likeness (QED) is 0.711. The van der Waals surface area contributed by atoms with E-state index in [2.05, 4.69) is 15.9 Å². The first-order valence-electron chi connectivity index (χ1n) is 4.26. The van der Waals surface area contributed by atoms with Gasteiger partial charge in [-0.05, 0) is 24.3 Å². The standard InChI is InChI=1S/C9H10BrNOS/c10-8-2-1-4-11(9(8)12)7-3-5-13-6-7/h3,5-6,8H,1-2,4H2. The average molecular weight is 260 g/mol. The number of alkyl halides is 1. The zero-order chi connectivity index (χ0) is 9.26. The Balaban J connectivity index is 2.19. The predicted molar refractivity (Wildman–Crippen MR) is 58.6 cm³/mol. The summed E-state index contributed by atoms with van der Waals surface area (Å²) in [6, 6.07) is 1.99. The highest BCUT2D eigenvalue weighted by molar-refractivity contribution is 9.10. The Bertz CT molecular complexity index is 299. The predicted octanol–water partition coefficient (Wildman–Crippen LogP) is 2.64. The fourth-order valence-electron chi connectivity index (χ4n) is 1.50. The first-order chi connectivity index (χ1) is 6.29. The lowest BCUT2D eigenvalue weighted by Gasteiger charge is -2.28. The molecule has 1 aliphatic rings. The van der Waals surface area contributed by atoms with Gasteiger partial charge >= 0.3 is 0 Å². The minimum absolute atomic E-state index is 0.0150. The summed E-state index contributed by atoms with van der Waals surface area (Å²) in [6.45, 7) is 0.859. The van der Waals surface area contributed by atoms with Crippen LogP contribution >= 0.6 is 27.3 Å². The number of amides is 1. The third-order valence-electron chi connectivity index (χ3n) is 2.19. The van der Waals surface area contributed by atoms with Crippen LogP contribution in [0.25, 0.3) is 0 Å². The molecule has 0 aromatic carbocycles. The van der Waals surface area contributed by atoms with E-state index in [1.807, 2.05) is 21.7 Å². The van der Waals surface area contributed by atoms with Gasteiger partial charge in [0, 0.05) is 11.9 Å². The van der Waals surface area contributed by atoms with Gasteiger partial charge in [0.25, 0.3) is 0 Å². The van der Waals surface area contributed by atoms with Gasteiger partial charge in [-0.2, -0.15) is 11.3 Å². The molecule has 1 aromatic heterocycles. The van der Waals surface area contributed by atoms with Crippen LogP contribution in [0, 0.1) is 0 Å². The van der Waals surface area contributed by atoms with E-state index in [9.17, 15) is 4.79 Å². The summed E-state index contributed by atoms with van der Waals surface area (Å²) in [5, 5.41) is 4.02. The number of carbonyl (C=O) groups is 1. The van der Waals surface area contributed by atoms with Gasteiger partial charge in [-0.25, -0.2) is 0 Å². The maximum Gasteiger partial charge on any atom is 0.240 e. The Hall–Kier alpha value is -0.350. The molecule has 0 N–H and O–H groups in total. The Morgan fingerprint density at radius 3 is 3.15 bits per heavy atom. The molecule has 2 rings (SSSR count). The summed E-state index contributed by atoms with van der Waals surface area (Å²) >= 11 is 5.02. The van der Waals surface area contributed by atoms with E-state index in [1.54, 1.807) is 11.3 Å². The lowest BCUT2D eigenvalue weighted by Crippen LogP contribution is -2.41. The number of carbonyl (C=O) groups excluding carboxylic acids is 1. The first-order valence-corrected chi connectivity index (χ1v) is 6.12. The van der Waals surface area contributed by atoms with Gasteiger partial charge in [-0.3, -0.25) is 4.79 Å². The Labute approximate surface area is 89.7 Å². The molecule has 1 amide bonds. The van der Waals surface area contributed by atoms with Gasteiger partial charge in [-0.1, -0.05) is 15.9 Å². The van der Waals surface area contributed by atoms with Crippen LogP contribution in [0.15, 0.2) is 16.8 Å². The van der Waals surface area contributed by atoms with Crippen LogP contribution in [-0.2, 0) is 4.79 Å². The van der Waals surface area contributed by atoms with Gasteiger partial charge in [0.1, 0.15) is 0 Å². The topological polar surface area (TPSA) is 20.3 Å². The number of hydrogen-bond donors (Lipinski definition) is 0. The van der Waals surface area contributed by atoms with E-state index < -0.39 is 0 Å². The monoisotopic (exact) mass is 259 g/mol. The van der Waals surface area contributed by atoms with Crippen LogP contribution in [0.4, 0.5) is 5.69 Å². The van der Waals surface area contributed by atoms with Crippen molar-refractivity contribution < 1.29 is 4.79 Å². The van der Waals surface area contributed by atoms with Crippen LogP contribution in [0.3, 0.4) is 0 Å². The molecule has 1 unspecified atom stereocenters. The molecule has 1 aromatic rings. The Kier molecular flexibility index (Phi) is 2.69. The number of rotatable bonds is 1. The van der Waals surface area contributed by atoms with Gasteiger partial charge in [-0.15, -0.1) is 0 Å². The molecule has 2 nitrogen and oxygen atoms in total. The highest BCUT2D eigenvalue weighted by atomic mass is 79.9. The number of thiophene rings is 1. The number of hydrogen-bond acceptors (Lipinski definition) is 2. The van der Waals surface area contributed by atoms with Crippen LogP contribution in [0.1, 0.15) is 12.8 Å². The Morgan fingerprint density at radius 2 is 2.46 bits per heavy atom.